The van der Waals surface area contributed by atoms with Gasteiger partial charge in [-0.1, -0.05) is 62.8 Å². The van der Waals surface area contributed by atoms with Crippen LogP contribution in [0.2, 0.25) is 0 Å². The second-order valence-electron chi connectivity index (χ2n) is 22.8. The fraction of sp³-hybridized carbons (Fsp3) is 0.581. The van der Waals surface area contributed by atoms with Gasteiger partial charge in [0.15, 0.2) is 0 Å². The highest BCUT2D eigenvalue weighted by Crippen LogP contribution is 2.32. The Balaban J connectivity index is 0.973. The maximum atomic E-state index is 14.5. The van der Waals surface area contributed by atoms with Crippen LogP contribution < -0.4 is 31.9 Å². The molecule has 2 aliphatic carbocycles. The Morgan fingerprint density at radius 2 is 0.854 bits per heavy atom. The molecule has 446 valence electrons. The number of hydrogen-bond acceptors (Lipinski definition) is 10. The first-order valence-electron chi connectivity index (χ1n) is 29.8. The van der Waals surface area contributed by atoms with E-state index in [2.05, 4.69) is 31.9 Å². The lowest BCUT2D eigenvalue weighted by Gasteiger charge is -2.37. The number of carbonyl (C=O) groups is 8. The van der Waals surface area contributed by atoms with Gasteiger partial charge in [-0.25, -0.2) is 8.78 Å². The third kappa shape index (κ3) is 17.6. The number of hydrogen-bond donors (Lipinski definition) is 6. The van der Waals surface area contributed by atoms with Crippen molar-refractivity contribution in [1.29, 1.82) is 0 Å². The number of rotatable bonds is 26. The number of likely N-dealkylation sites (tertiary alicyclic amines) is 2. The van der Waals surface area contributed by atoms with Crippen molar-refractivity contribution < 1.29 is 47.1 Å². The van der Waals surface area contributed by atoms with E-state index in [1.807, 2.05) is 0 Å². The molecule has 0 radical (unpaired) electrons. The van der Waals surface area contributed by atoms with Crippen LogP contribution in [-0.2, 0) is 41.6 Å². The molecule has 4 fully saturated rings. The topological polar surface area (TPSA) is 222 Å². The SMILES string of the molecule is CN[C@@H](C)C(=O)N[C@H](C(=O)N1CCC[C@@H]1CN(CCc1ccc(F)cc1)C(=O)CNC(=O)c1ccc(C(=O)NCC(=O)N(CCc2ccc(F)cc2)C[C@@H]2CCCN2C(=O)[C@@H](NC(=O)[C@H](C)NC)C2CCCCC2)cc1)C1CCCCC1. The maximum Gasteiger partial charge on any atom is 0.251 e. The zero-order chi connectivity index (χ0) is 58.7. The van der Waals surface area contributed by atoms with Crippen molar-refractivity contribution in [3.63, 3.8) is 0 Å². The average Bonchev–Trinajstić information content (AvgIpc) is 4.20. The van der Waals surface area contributed by atoms with E-state index in [9.17, 15) is 47.1 Å². The molecule has 3 aromatic carbocycles. The van der Waals surface area contributed by atoms with Crippen LogP contribution in [0.3, 0.4) is 0 Å². The third-order valence-electron chi connectivity index (χ3n) is 17.3. The average molecular weight is 1140 g/mol. The summed E-state index contributed by atoms with van der Waals surface area (Å²) < 4.78 is 27.7. The Hall–Kier alpha value is -6.80. The number of carbonyl (C=O) groups excluding carboxylic acids is 8. The van der Waals surface area contributed by atoms with Crippen LogP contribution in [0.4, 0.5) is 8.78 Å². The summed E-state index contributed by atoms with van der Waals surface area (Å²) in [6.45, 7) is 4.57. The Kier molecular flexibility index (Phi) is 23.8. The molecule has 2 heterocycles. The molecule has 6 N–H and O–H groups in total. The van der Waals surface area contributed by atoms with Gasteiger partial charge >= 0.3 is 0 Å². The molecule has 2 aliphatic heterocycles. The normalized spacial score (nSPS) is 19.1. The minimum absolute atomic E-state index is 0.00314. The highest BCUT2D eigenvalue weighted by atomic mass is 19.1. The molecule has 2 saturated heterocycles. The number of halogens is 2. The molecule has 3 aromatic rings. The Morgan fingerprint density at radius 3 is 1.20 bits per heavy atom. The van der Waals surface area contributed by atoms with Gasteiger partial charge in [0.1, 0.15) is 23.7 Å². The van der Waals surface area contributed by atoms with Crippen molar-refractivity contribution in [2.45, 2.75) is 153 Å². The van der Waals surface area contributed by atoms with Crippen LogP contribution in [-0.4, -0.2) is 170 Å². The van der Waals surface area contributed by atoms with Gasteiger partial charge in [-0.05, 0) is 164 Å². The summed E-state index contributed by atoms with van der Waals surface area (Å²) in [4.78, 5) is 118. The fourth-order valence-corrected chi connectivity index (χ4v) is 12.0. The van der Waals surface area contributed by atoms with Gasteiger partial charge in [-0.3, -0.25) is 38.4 Å². The van der Waals surface area contributed by atoms with Gasteiger partial charge < -0.3 is 51.5 Å². The standard InChI is InChI=1S/C62H86F2N10O8/c1-41(65-3)57(77)69-55(45-13-7-5-8-14-45)61(81)73-33-11-17-51(73)39-71(35-31-43-19-27-49(63)28-20-43)53(75)37-67-59(79)47-23-25-48(26-24-47)60(80)68-38-54(76)72(36-32-44-21-29-50(64)30-22-44)40-52-18-12-34-74(52)62(82)56(46-15-9-6-10-16-46)70-58(78)42(2)66-4/h19-30,41-42,45-46,51-52,55-56,65-66H,5-18,31-40H2,1-4H3,(H,67,79)(H,68,80)(H,69,77)(H,70,78)/t41-,42-,51-,52+,55-,56-/m0/s1. The lowest BCUT2D eigenvalue weighted by atomic mass is 9.83. The fourth-order valence-electron chi connectivity index (χ4n) is 12.0. The molecule has 0 unspecified atom stereocenters. The summed E-state index contributed by atoms with van der Waals surface area (Å²) in [5, 5.41) is 17.5. The molecule has 6 atom stereocenters. The quantitative estimate of drug-likeness (QED) is 0.0639. The van der Waals surface area contributed by atoms with Crippen LogP contribution in [0.5, 0.6) is 0 Å². The van der Waals surface area contributed by atoms with Crippen molar-refractivity contribution in [3.8, 4) is 0 Å². The van der Waals surface area contributed by atoms with E-state index in [4.69, 9.17) is 0 Å². The molecule has 4 aliphatic rings. The second-order valence-corrected chi connectivity index (χ2v) is 22.8. The van der Waals surface area contributed by atoms with E-state index >= 15 is 0 Å². The van der Waals surface area contributed by atoms with E-state index in [-0.39, 0.29) is 121 Å². The van der Waals surface area contributed by atoms with E-state index < -0.39 is 36.0 Å². The minimum atomic E-state index is -0.694. The summed E-state index contributed by atoms with van der Waals surface area (Å²) in [5.74, 6) is -3.49. The zero-order valence-electron chi connectivity index (χ0n) is 48.3. The highest BCUT2D eigenvalue weighted by molar-refractivity contribution is 6.00. The van der Waals surface area contributed by atoms with E-state index in [1.54, 1.807) is 71.8 Å². The highest BCUT2D eigenvalue weighted by Gasteiger charge is 2.41. The van der Waals surface area contributed by atoms with Crippen molar-refractivity contribution >= 4 is 47.3 Å². The van der Waals surface area contributed by atoms with E-state index in [0.717, 1.165) is 88.2 Å². The van der Waals surface area contributed by atoms with Gasteiger partial charge in [-0.15, -0.1) is 0 Å². The predicted octanol–water partition coefficient (Wildman–Crippen LogP) is 4.90. The summed E-state index contributed by atoms with van der Waals surface area (Å²) >= 11 is 0. The first kappa shape index (κ1) is 62.8. The molecule has 7 rings (SSSR count). The number of benzene rings is 3. The zero-order valence-corrected chi connectivity index (χ0v) is 48.3. The first-order valence-corrected chi connectivity index (χ1v) is 29.8. The molecule has 82 heavy (non-hydrogen) atoms. The van der Waals surface area contributed by atoms with Gasteiger partial charge in [-0.2, -0.15) is 0 Å². The lowest BCUT2D eigenvalue weighted by molar-refractivity contribution is -0.141. The molecule has 0 aromatic heterocycles. The third-order valence-corrected chi connectivity index (χ3v) is 17.3. The maximum absolute atomic E-state index is 14.5. The number of nitrogens with one attached hydrogen (secondary N) is 6. The Bertz CT molecular complexity index is 2450. The second kappa shape index (κ2) is 31.0. The van der Waals surface area contributed by atoms with Crippen LogP contribution in [0, 0.1) is 23.5 Å². The predicted molar refractivity (Wildman–Crippen MR) is 308 cm³/mol. The monoisotopic (exact) mass is 1140 g/mol. The van der Waals surface area contributed by atoms with Crippen molar-refractivity contribution in [3.05, 3.63) is 107 Å². The number of likely N-dealkylation sites (N-methyl/N-ethyl adjacent to an activating group) is 2. The molecular weight excluding hydrogens is 1050 g/mol. The molecule has 0 spiro atoms. The largest absolute Gasteiger partial charge is 0.343 e. The van der Waals surface area contributed by atoms with Gasteiger partial charge in [0, 0.05) is 62.5 Å². The van der Waals surface area contributed by atoms with E-state index in [0.29, 0.717) is 38.8 Å². The van der Waals surface area contributed by atoms with Gasteiger partial charge in [0.05, 0.1) is 25.2 Å². The van der Waals surface area contributed by atoms with Crippen LogP contribution in [0.15, 0.2) is 72.8 Å². The number of amides is 8. The minimum Gasteiger partial charge on any atom is -0.343 e. The van der Waals surface area contributed by atoms with Gasteiger partial charge in [0.25, 0.3) is 11.8 Å². The molecule has 8 amide bonds. The Morgan fingerprint density at radius 1 is 0.500 bits per heavy atom. The van der Waals surface area contributed by atoms with Crippen molar-refractivity contribution in [2.75, 3.05) is 66.5 Å². The summed E-state index contributed by atoms with van der Waals surface area (Å²) in [6.07, 6.45) is 12.9. The number of nitrogens with zero attached hydrogens (tertiary/aromatic N) is 4. The molecule has 18 nitrogen and oxygen atoms in total. The summed E-state index contributed by atoms with van der Waals surface area (Å²) in [6, 6.07) is 14.8. The van der Waals surface area contributed by atoms with Gasteiger partial charge in [0.2, 0.25) is 35.4 Å². The lowest BCUT2D eigenvalue weighted by Crippen LogP contribution is -2.57. The molecular formula is C62H86F2N10O8. The Labute approximate surface area is 482 Å². The van der Waals surface area contributed by atoms with Crippen molar-refractivity contribution in [1.82, 2.24) is 51.5 Å². The summed E-state index contributed by atoms with van der Waals surface area (Å²) in [7, 11) is 3.39. The van der Waals surface area contributed by atoms with Crippen LogP contribution in [0.1, 0.15) is 136 Å². The summed E-state index contributed by atoms with van der Waals surface area (Å²) in [5.41, 5.74) is 1.97. The molecule has 20 heteroatoms. The molecule has 2 saturated carbocycles. The van der Waals surface area contributed by atoms with E-state index in [1.165, 1.54) is 48.5 Å². The van der Waals surface area contributed by atoms with Crippen molar-refractivity contribution in [2.24, 2.45) is 11.8 Å². The molecule has 0 bridgehead atoms. The van der Waals surface area contributed by atoms with Crippen LogP contribution in [0.25, 0.3) is 0 Å². The first-order chi connectivity index (χ1) is 39.5. The van der Waals surface area contributed by atoms with Crippen LogP contribution >= 0.6 is 0 Å². The smallest absolute Gasteiger partial charge is 0.251 e.